The summed E-state index contributed by atoms with van der Waals surface area (Å²) < 4.78 is 0. The monoisotopic (exact) mass is 196 g/mol. The first-order valence-corrected chi connectivity index (χ1v) is 5.57. The van der Waals surface area contributed by atoms with E-state index in [-0.39, 0.29) is 0 Å². The van der Waals surface area contributed by atoms with E-state index in [1.165, 1.54) is 31.0 Å². The van der Waals surface area contributed by atoms with E-state index in [9.17, 15) is 0 Å². The van der Waals surface area contributed by atoms with Crippen molar-refractivity contribution in [2.75, 3.05) is 12.0 Å². The highest BCUT2D eigenvalue weighted by molar-refractivity contribution is 7.98. The van der Waals surface area contributed by atoms with Crippen LogP contribution in [0, 0.1) is 0 Å². The molecule has 0 saturated heterocycles. The predicted octanol–water partition coefficient (Wildman–Crippen LogP) is 1.44. The standard InChI is InChI=1S/C8H12N4S/c1-13-8-11-6(5-3-2-4-5)10-7(9)12-8/h5H,2-4H2,1H3,(H2,9,10,11,12). The average Bonchev–Trinajstić information content (AvgIpc) is 2.00. The van der Waals surface area contributed by atoms with Gasteiger partial charge in [-0.15, -0.1) is 0 Å². The summed E-state index contributed by atoms with van der Waals surface area (Å²) >= 11 is 1.51. The molecule has 70 valence electrons. The molecule has 1 aliphatic carbocycles. The molecule has 4 nitrogen and oxygen atoms in total. The van der Waals surface area contributed by atoms with Crippen molar-refractivity contribution in [1.29, 1.82) is 0 Å². The van der Waals surface area contributed by atoms with Crippen LogP contribution in [-0.2, 0) is 0 Å². The third-order valence-electron chi connectivity index (χ3n) is 2.30. The minimum Gasteiger partial charge on any atom is -0.368 e. The van der Waals surface area contributed by atoms with E-state index in [1.807, 2.05) is 6.26 Å². The molecule has 5 heteroatoms. The maximum absolute atomic E-state index is 5.58. The molecular formula is C8H12N4S. The van der Waals surface area contributed by atoms with E-state index in [1.54, 1.807) is 0 Å². The van der Waals surface area contributed by atoms with E-state index in [2.05, 4.69) is 15.0 Å². The van der Waals surface area contributed by atoms with Gasteiger partial charge in [0.2, 0.25) is 5.95 Å². The molecule has 0 aliphatic heterocycles. The SMILES string of the molecule is CSc1nc(N)nc(C2CCC2)n1. The molecule has 0 radical (unpaired) electrons. The number of thioether (sulfide) groups is 1. The number of aromatic nitrogens is 3. The Bertz CT molecular complexity index is 311. The lowest BCUT2D eigenvalue weighted by atomic mass is 9.85. The molecule has 0 bridgehead atoms. The third kappa shape index (κ3) is 1.75. The van der Waals surface area contributed by atoms with Crippen molar-refractivity contribution in [3.05, 3.63) is 5.82 Å². The fraction of sp³-hybridized carbons (Fsp3) is 0.625. The Morgan fingerprint density at radius 3 is 2.62 bits per heavy atom. The highest BCUT2D eigenvalue weighted by Gasteiger charge is 2.23. The Kier molecular flexibility index (Phi) is 2.35. The Morgan fingerprint density at radius 2 is 2.08 bits per heavy atom. The van der Waals surface area contributed by atoms with Crippen LogP contribution >= 0.6 is 11.8 Å². The zero-order valence-corrected chi connectivity index (χ0v) is 8.34. The molecular weight excluding hydrogens is 184 g/mol. The van der Waals surface area contributed by atoms with Crippen LogP contribution in [0.15, 0.2) is 5.16 Å². The smallest absolute Gasteiger partial charge is 0.224 e. The highest BCUT2D eigenvalue weighted by atomic mass is 32.2. The van der Waals surface area contributed by atoms with Crippen molar-refractivity contribution in [2.24, 2.45) is 0 Å². The first kappa shape index (κ1) is 8.74. The molecule has 0 spiro atoms. The van der Waals surface area contributed by atoms with E-state index in [0.717, 1.165) is 11.0 Å². The molecule has 2 rings (SSSR count). The van der Waals surface area contributed by atoms with Gasteiger partial charge in [0, 0.05) is 5.92 Å². The molecule has 0 unspecified atom stereocenters. The largest absolute Gasteiger partial charge is 0.368 e. The van der Waals surface area contributed by atoms with E-state index < -0.39 is 0 Å². The summed E-state index contributed by atoms with van der Waals surface area (Å²) in [6, 6.07) is 0. The van der Waals surface area contributed by atoms with Gasteiger partial charge in [0.1, 0.15) is 5.82 Å². The van der Waals surface area contributed by atoms with Crippen LogP contribution < -0.4 is 5.73 Å². The number of hydrogen-bond acceptors (Lipinski definition) is 5. The van der Waals surface area contributed by atoms with Gasteiger partial charge in [0.15, 0.2) is 5.16 Å². The minimum atomic E-state index is 0.348. The van der Waals surface area contributed by atoms with Gasteiger partial charge in [0.05, 0.1) is 0 Å². The van der Waals surface area contributed by atoms with Crippen LogP contribution in [0.5, 0.6) is 0 Å². The molecule has 1 saturated carbocycles. The number of nitrogens with two attached hydrogens (primary N) is 1. The molecule has 0 atom stereocenters. The predicted molar refractivity (Wildman–Crippen MR) is 52.6 cm³/mol. The second-order valence-electron chi connectivity index (χ2n) is 3.17. The van der Waals surface area contributed by atoms with Crippen LogP contribution in [0.1, 0.15) is 31.0 Å². The lowest BCUT2D eigenvalue weighted by molar-refractivity contribution is 0.398. The lowest BCUT2D eigenvalue weighted by Crippen LogP contribution is -2.15. The second-order valence-corrected chi connectivity index (χ2v) is 3.94. The maximum atomic E-state index is 5.58. The Balaban J connectivity index is 2.28. The molecule has 1 aliphatic rings. The topological polar surface area (TPSA) is 64.7 Å². The van der Waals surface area contributed by atoms with Crippen molar-refractivity contribution < 1.29 is 0 Å². The van der Waals surface area contributed by atoms with E-state index in [4.69, 9.17) is 5.73 Å². The van der Waals surface area contributed by atoms with Crippen LogP contribution in [-0.4, -0.2) is 21.2 Å². The first-order chi connectivity index (χ1) is 6.29. The van der Waals surface area contributed by atoms with Crippen molar-refractivity contribution in [3.63, 3.8) is 0 Å². The molecule has 1 aromatic heterocycles. The Morgan fingerprint density at radius 1 is 1.31 bits per heavy atom. The van der Waals surface area contributed by atoms with Gasteiger partial charge in [-0.25, -0.2) is 4.98 Å². The van der Waals surface area contributed by atoms with Crippen LogP contribution in [0.25, 0.3) is 0 Å². The number of nitrogens with zero attached hydrogens (tertiary/aromatic N) is 3. The van der Waals surface area contributed by atoms with Crippen molar-refractivity contribution in [3.8, 4) is 0 Å². The maximum Gasteiger partial charge on any atom is 0.224 e. The molecule has 0 amide bonds. The summed E-state index contributed by atoms with van der Waals surface area (Å²) in [6.07, 6.45) is 5.61. The molecule has 1 aromatic rings. The zero-order chi connectivity index (χ0) is 9.26. The van der Waals surface area contributed by atoms with Crippen LogP contribution in [0.3, 0.4) is 0 Å². The molecule has 1 fully saturated rings. The fourth-order valence-corrected chi connectivity index (χ4v) is 1.70. The number of nitrogen functional groups attached to an aromatic ring is 1. The summed E-state index contributed by atoms with van der Waals surface area (Å²) in [5, 5.41) is 0.731. The van der Waals surface area contributed by atoms with Gasteiger partial charge in [-0.2, -0.15) is 9.97 Å². The average molecular weight is 196 g/mol. The second kappa shape index (κ2) is 3.49. The number of hydrogen-bond donors (Lipinski definition) is 1. The summed E-state index contributed by atoms with van der Waals surface area (Å²) in [6.45, 7) is 0. The normalized spacial score (nSPS) is 17.0. The minimum absolute atomic E-state index is 0.348. The summed E-state index contributed by atoms with van der Waals surface area (Å²) in [5.41, 5.74) is 5.58. The molecule has 2 N–H and O–H groups in total. The fourth-order valence-electron chi connectivity index (χ4n) is 1.33. The molecule has 0 aromatic carbocycles. The Hall–Kier alpha value is -0.840. The van der Waals surface area contributed by atoms with Gasteiger partial charge in [-0.1, -0.05) is 18.2 Å². The Labute approximate surface area is 81.4 Å². The van der Waals surface area contributed by atoms with Gasteiger partial charge in [0.25, 0.3) is 0 Å². The highest BCUT2D eigenvalue weighted by Crippen LogP contribution is 2.34. The third-order valence-corrected chi connectivity index (χ3v) is 2.85. The molecule has 13 heavy (non-hydrogen) atoms. The van der Waals surface area contributed by atoms with Gasteiger partial charge >= 0.3 is 0 Å². The quantitative estimate of drug-likeness (QED) is 0.725. The number of anilines is 1. The van der Waals surface area contributed by atoms with Crippen molar-refractivity contribution in [2.45, 2.75) is 30.3 Å². The first-order valence-electron chi connectivity index (χ1n) is 4.35. The van der Waals surface area contributed by atoms with Gasteiger partial charge < -0.3 is 5.73 Å². The van der Waals surface area contributed by atoms with Gasteiger partial charge in [-0.3, -0.25) is 0 Å². The van der Waals surface area contributed by atoms with E-state index in [0.29, 0.717) is 11.9 Å². The molecule has 1 heterocycles. The van der Waals surface area contributed by atoms with Crippen LogP contribution in [0.2, 0.25) is 0 Å². The zero-order valence-electron chi connectivity index (χ0n) is 7.53. The van der Waals surface area contributed by atoms with Crippen molar-refractivity contribution in [1.82, 2.24) is 15.0 Å². The summed E-state index contributed by atoms with van der Waals surface area (Å²) in [4.78, 5) is 12.5. The summed E-state index contributed by atoms with van der Waals surface area (Å²) in [5.74, 6) is 1.75. The van der Waals surface area contributed by atoms with Gasteiger partial charge in [-0.05, 0) is 19.1 Å². The summed E-state index contributed by atoms with van der Waals surface area (Å²) in [7, 11) is 0. The van der Waals surface area contributed by atoms with Crippen molar-refractivity contribution >= 4 is 17.7 Å². The van der Waals surface area contributed by atoms with Crippen LogP contribution in [0.4, 0.5) is 5.95 Å². The number of rotatable bonds is 2. The van der Waals surface area contributed by atoms with E-state index >= 15 is 0 Å². The lowest BCUT2D eigenvalue weighted by Gasteiger charge is -2.23.